The molecule has 1 amide bonds. The molecule has 6 heteroatoms. The van der Waals surface area contributed by atoms with Crippen LogP contribution in [0, 0.1) is 27.7 Å². The second-order valence-electron chi connectivity index (χ2n) is 7.76. The van der Waals surface area contributed by atoms with Crippen LogP contribution < -0.4 is 4.90 Å². The molecule has 0 bridgehead atoms. The molecule has 0 unspecified atom stereocenters. The monoisotopic (exact) mass is 402 g/mol. The lowest BCUT2D eigenvalue weighted by atomic mass is 10.0. The second-order valence-corrected chi connectivity index (χ2v) is 9.88. The molecule has 0 spiro atoms. The van der Waals surface area contributed by atoms with Crippen LogP contribution in [0.15, 0.2) is 35.2 Å². The predicted molar refractivity (Wildman–Crippen MR) is 115 cm³/mol. The number of carbonyl (C=O) groups excluding carboxylic acids is 1. The average Bonchev–Trinajstić information content (AvgIpc) is 2.59. The van der Waals surface area contributed by atoms with Gasteiger partial charge < -0.3 is 4.90 Å². The third-order valence-electron chi connectivity index (χ3n) is 4.98. The standard InChI is InChI=1S/C22H30N2O3S/c1-14(2)24(20-11-15(3)9-10-16(20)4)22(25)19-12-17(5)18(6)21(13-19)28(26,27)23(7)8/h9-14H,1-8H3. The van der Waals surface area contributed by atoms with Gasteiger partial charge in [0.05, 0.1) is 4.90 Å². The summed E-state index contributed by atoms with van der Waals surface area (Å²) in [6.45, 7) is 11.5. The fraction of sp³-hybridized carbons (Fsp3) is 0.409. The van der Waals surface area contributed by atoms with E-state index in [2.05, 4.69) is 0 Å². The van der Waals surface area contributed by atoms with Crippen molar-refractivity contribution in [2.75, 3.05) is 19.0 Å². The first-order valence-electron chi connectivity index (χ1n) is 9.32. The number of hydrogen-bond acceptors (Lipinski definition) is 3. The Balaban J connectivity index is 2.67. The third-order valence-corrected chi connectivity index (χ3v) is 6.93. The van der Waals surface area contributed by atoms with Gasteiger partial charge in [-0.2, -0.15) is 0 Å². The Kier molecular flexibility index (Phi) is 6.36. The minimum Gasteiger partial charge on any atom is -0.306 e. The molecule has 0 aliphatic carbocycles. The number of rotatable bonds is 5. The number of amides is 1. The quantitative estimate of drug-likeness (QED) is 0.752. The molecule has 0 aromatic heterocycles. The van der Waals surface area contributed by atoms with Crippen LogP contribution in [0.3, 0.4) is 0 Å². The number of sulfonamides is 1. The summed E-state index contributed by atoms with van der Waals surface area (Å²) in [5.41, 5.74) is 4.71. The molecule has 0 aliphatic heterocycles. The lowest BCUT2D eigenvalue weighted by molar-refractivity contribution is 0.0980. The summed E-state index contributed by atoms with van der Waals surface area (Å²) in [4.78, 5) is 15.4. The van der Waals surface area contributed by atoms with Crippen molar-refractivity contribution in [3.8, 4) is 0 Å². The summed E-state index contributed by atoms with van der Waals surface area (Å²) in [5, 5.41) is 0. The Labute approximate surface area is 169 Å². The van der Waals surface area contributed by atoms with Crippen LogP contribution in [0.2, 0.25) is 0 Å². The molecular formula is C22H30N2O3S. The van der Waals surface area contributed by atoms with Crippen molar-refractivity contribution in [1.82, 2.24) is 4.31 Å². The molecule has 0 radical (unpaired) electrons. The van der Waals surface area contributed by atoms with E-state index in [4.69, 9.17) is 0 Å². The third kappa shape index (κ3) is 4.13. The van der Waals surface area contributed by atoms with Gasteiger partial charge in [-0.15, -0.1) is 0 Å². The SMILES string of the molecule is Cc1ccc(C)c(N(C(=O)c2cc(C)c(C)c(S(=O)(=O)N(C)C)c2)C(C)C)c1. The Morgan fingerprint density at radius 3 is 2.07 bits per heavy atom. The first-order valence-corrected chi connectivity index (χ1v) is 10.8. The minimum atomic E-state index is -3.65. The first kappa shape index (κ1) is 22.1. The van der Waals surface area contributed by atoms with Crippen LogP contribution in [-0.2, 0) is 10.0 Å². The zero-order valence-electron chi connectivity index (χ0n) is 18.0. The number of benzene rings is 2. The van der Waals surface area contributed by atoms with Crippen LogP contribution in [0.4, 0.5) is 5.69 Å². The van der Waals surface area contributed by atoms with Crippen molar-refractivity contribution in [3.63, 3.8) is 0 Å². The van der Waals surface area contributed by atoms with E-state index >= 15 is 0 Å². The smallest absolute Gasteiger partial charge is 0.258 e. The van der Waals surface area contributed by atoms with Crippen LogP contribution >= 0.6 is 0 Å². The summed E-state index contributed by atoms with van der Waals surface area (Å²) in [6, 6.07) is 9.19. The highest BCUT2D eigenvalue weighted by atomic mass is 32.2. The van der Waals surface area contributed by atoms with Gasteiger partial charge in [0, 0.05) is 31.4 Å². The van der Waals surface area contributed by atoms with Gasteiger partial charge in [-0.3, -0.25) is 4.79 Å². The zero-order valence-corrected chi connectivity index (χ0v) is 18.8. The topological polar surface area (TPSA) is 57.7 Å². The molecule has 0 saturated carbocycles. The largest absolute Gasteiger partial charge is 0.306 e. The van der Waals surface area contributed by atoms with E-state index in [1.54, 1.807) is 17.9 Å². The minimum absolute atomic E-state index is 0.0801. The fourth-order valence-corrected chi connectivity index (χ4v) is 4.37. The van der Waals surface area contributed by atoms with Crippen molar-refractivity contribution < 1.29 is 13.2 Å². The summed E-state index contributed by atoms with van der Waals surface area (Å²) in [6.07, 6.45) is 0. The lowest BCUT2D eigenvalue weighted by Gasteiger charge is -2.29. The first-order chi connectivity index (χ1) is 12.9. The Morgan fingerprint density at radius 2 is 1.54 bits per heavy atom. The Morgan fingerprint density at radius 1 is 0.929 bits per heavy atom. The van der Waals surface area contributed by atoms with Gasteiger partial charge in [0.1, 0.15) is 0 Å². The molecule has 0 fully saturated rings. The highest BCUT2D eigenvalue weighted by Crippen LogP contribution is 2.28. The maximum absolute atomic E-state index is 13.5. The molecule has 152 valence electrons. The molecular weight excluding hydrogens is 372 g/mol. The summed E-state index contributed by atoms with van der Waals surface area (Å²) in [7, 11) is -0.659. The average molecular weight is 403 g/mol. The van der Waals surface area contributed by atoms with Crippen molar-refractivity contribution in [3.05, 3.63) is 58.1 Å². The maximum Gasteiger partial charge on any atom is 0.258 e. The Hall–Kier alpha value is -2.18. The van der Waals surface area contributed by atoms with Crippen LogP contribution in [0.5, 0.6) is 0 Å². The van der Waals surface area contributed by atoms with E-state index in [1.807, 2.05) is 52.8 Å². The van der Waals surface area contributed by atoms with Gasteiger partial charge in [-0.1, -0.05) is 12.1 Å². The number of hydrogen-bond donors (Lipinski definition) is 0. The molecule has 0 heterocycles. The number of carbonyl (C=O) groups is 1. The normalized spacial score (nSPS) is 11.9. The number of nitrogens with zero attached hydrogens (tertiary/aromatic N) is 2. The summed E-state index contributed by atoms with van der Waals surface area (Å²) in [5.74, 6) is -0.206. The highest BCUT2D eigenvalue weighted by Gasteiger charge is 2.27. The van der Waals surface area contributed by atoms with E-state index < -0.39 is 10.0 Å². The lowest BCUT2D eigenvalue weighted by Crippen LogP contribution is -2.38. The fourth-order valence-electron chi connectivity index (χ4n) is 3.16. The molecule has 0 atom stereocenters. The molecule has 0 N–H and O–H groups in total. The molecule has 28 heavy (non-hydrogen) atoms. The van der Waals surface area contributed by atoms with Crippen molar-refractivity contribution in [1.29, 1.82) is 0 Å². The molecule has 5 nitrogen and oxygen atoms in total. The molecule has 2 aromatic carbocycles. The highest BCUT2D eigenvalue weighted by molar-refractivity contribution is 7.89. The van der Waals surface area contributed by atoms with Crippen LogP contribution in [0.1, 0.15) is 46.5 Å². The van der Waals surface area contributed by atoms with Crippen molar-refractivity contribution in [2.24, 2.45) is 0 Å². The van der Waals surface area contributed by atoms with Gasteiger partial charge in [0.25, 0.3) is 5.91 Å². The van der Waals surface area contributed by atoms with Gasteiger partial charge in [-0.25, -0.2) is 12.7 Å². The molecule has 2 aromatic rings. The van der Waals surface area contributed by atoms with Crippen LogP contribution in [-0.4, -0.2) is 38.8 Å². The molecule has 2 rings (SSSR count). The van der Waals surface area contributed by atoms with E-state index in [1.165, 1.54) is 24.5 Å². The van der Waals surface area contributed by atoms with E-state index in [9.17, 15) is 13.2 Å². The summed E-state index contributed by atoms with van der Waals surface area (Å²) >= 11 is 0. The number of anilines is 1. The van der Waals surface area contributed by atoms with Gasteiger partial charge in [-0.05, 0) is 82.0 Å². The number of aryl methyl sites for hydroxylation is 3. The Bertz CT molecular complexity index is 1010. The maximum atomic E-state index is 13.5. The van der Waals surface area contributed by atoms with Gasteiger partial charge >= 0.3 is 0 Å². The second kappa shape index (κ2) is 8.05. The predicted octanol–water partition coefficient (Wildman–Crippen LogP) is 4.23. The van der Waals surface area contributed by atoms with E-state index in [0.717, 1.165) is 22.4 Å². The molecule has 0 saturated heterocycles. The van der Waals surface area contributed by atoms with Gasteiger partial charge in [0.2, 0.25) is 10.0 Å². The van der Waals surface area contributed by atoms with Gasteiger partial charge in [0.15, 0.2) is 0 Å². The van der Waals surface area contributed by atoms with E-state index in [0.29, 0.717) is 11.1 Å². The van der Waals surface area contributed by atoms with Crippen molar-refractivity contribution in [2.45, 2.75) is 52.5 Å². The van der Waals surface area contributed by atoms with Crippen LogP contribution in [0.25, 0.3) is 0 Å². The zero-order chi connectivity index (χ0) is 21.4. The van der Waals surface area contributed by atoms with Crippen molar-refractivity contribution >= 4 is 21.6 Å². The molecule has 0 aliphatic rings. The van der Waals surface area contributed by atoms with E-state index in [-0.39, 0.29) is 16.8 Å². The summed E-state index contributed by atoms with van der Waals surface area (Å²) < 4.78 is 26.7.